The summed E-state index contributed by atoms with van der Waals surface area (Å²) in [7, 11) is 1.32. The molecule has 154 valence electrons. The molecule has 2 rings (SSSR count). The molecule has 0 aliphatic rings. The Morgan fingerprint density at radius 3 is 2.45 bits per heavy atom. The van der Waals surface area contributed by atoms with Crippen LogP contribution in [-0.4, -0.2) is 36.1 Å². The highest BCUT2D eigenvalue weighted by atomic mass is 16.6. The molecule has 2 atom stereocenters. The van der Waals surface area contributed by atoms with E-state index in [1.54, 1.807) is 18.2 Å². The van der Waals surface area contributed by atoms with Crippen LogP contribution in [0.2, 0.25) is 0 Å². The van der Waals surface area contributed by atoms with Crippen LogP contribution >= 0.6 is 0 Å². The SMILES string of the molecule is COc1cc([N+](=O)[O-])ccc1NC(=O)[C@@H](C)OC(=O)[C@@H](C)Oc1cccc(C)c1. The number of esters is 1. The Balaban J connectivity index is 1.97. The minimum atomic E-state index is -1.12. The number of nitro benzene ring substituents is 1. The highest BCUT2D eigenvalue weighted by Crippen LogP contribution is 2.29. The molecule has 29 heavy (non-hydrogen) atoms. The number of anilines is 1. The van der Waals surface area contributed by atoms with E-state index >= 15 is 0 Å². The maximum atomic E-state index is 12.3. The first-order chi connectivity index (χ1) is 13.7. The molecule has 1 N–H and O–H groups in total. The van der Waals surface area contributed by atoms with Crippen LogP contribution in [0.3, 0.4) is 0 Å². The number of benzene rings is 2. The molecule has 9 nitrogen and oxygen atoms in total. The van der Waals surface area contributed by atoms with E-state index in [1.807, 2.05) is 13.0 Å². The number of aryl methyl sites for hydroxylation is 1. The number of carbonyl (C=O) groups is 2. The van der Waals surface area contributed by atoms with Gasteiger partial charge in [-0.25, -0.2) is 4.79 Å². The van der Waals surface area contributed by atoms with Crippen LogP contribution in [-0.2, 0) is 14.3 Å². The molecule has 0 spiro atoms. The third-order valence-corrected chi connectivity index (χ3v) is 3.95. The summed E-state index contributed by atoms with van der Waals surface area (Å²) in [6.45, 7) is 4.83. The second-order valence-electron chi connectivity index (χ2n) is 6.29. The molecule has 0 radical (unpaired) electrons. The minimum Gasteiger partial charge on any atom is -0.494 e. The number of nitro groups is 1. The van der Waals surface area contributed by atoms with Gasteiger partial charge in [0.1, 0.15) is 11.5 Å². The quantitative estimate of drug-likeness (QED) is 0.409. The normalized spacial score (nSPS) is 12.4. The van der Waals surface area contributed by atoms with E-state index < -0.39 is 29.0 Å². The van der Waals surface area contributed by atoms with Crippen LogP contribution in [0.25, 0.3) is 0 Å². The molecule has 0 fully saturated rings. The lowest BCUT2D eigenvalue weighted by Crippen LogP contribution is -2.35. The zero-order chi connectivity index (χ0) is 21.6. The lowest BCUT2D eigenvalue weighted by Gasteiger charge is -2.18. The summed E-state index contributed by atoms with van der Waals surface area (Å²) in [6, 6.07) is 10.9. The second kappa shape index (κ2) is 9.54. The maximum absolute atomic E-state index is 12.3. The maximum Gasteiger partial charge on any atom is 0.347 e. The van der Waals surface area contributed by atoms with Crippen molar-refractivity contribution in [1.29, 1.82) is 0 Å². The van der Waals surface area contributed by atoms with Gasteiger partial charge in [-0.1, -0.05) is 12.1 Å². The number of rotatable bonds is 8. The number of hydrogen-bond acceptors (Lipinski definition) is 7. The molecule has 9 heteroatoms. The van der Waals surface area contributed by atoms with Gasteiger partial charge in [0.05, 0.1) is 23.8 Å². The number of methoxy groups -OCH3 is 1. The van der Waals surface area contributed by atoms with Crippen molar-refractivity contribution in [2.75, 3.05) is 12.4 Å². The number of ether oxygens (including phenoxy) is 3. The summed E-state index contributed by atoms with van der Waals surface area (Å²) in [5.41, 5.74) is 1.02. The lowest BCUT2D eigenvalue weighted by atomic mass is 10.2. The summed E-state index contributed by atoms with van der Waals surface area (Å²) >= 11 is 0. The van der Waals surface area contributed by atoms with E-state index in [-0.39, 0.29) is 17.1 Å². The van der Waals surface area contributed by atoms with Crippen molar-refractivity contribution in [3.8, 4) is 11.5 Å². The predicted molar refractivity (Wildman–Crippen MR) is 105 cm³/mol. The fourth-order valence-electron chi connectivity index (χ4n) is 2.40. The van der Waals surface area contributed by atoms with E-state index in [1.165, 1.54) is 39.2 Å². The van der Waals surface area contributed by atoms with Gasteiger partial charge >= 0.3 is 5.97 Å². The lowest BCUT2D eigenvalue weighted by molar-refractivity contribution is -0.384. The number of amides is 1. The highest BCUT2D eigenvalue weighted by Gasteiger charge is 2.24. The van der Waals surface area contributed by atoms with Crippen molar-refractivity contribution in [1.82, 2.24) is 0 Å². The molecule has 2 aromatic carbocycles. The van der Waals surface area contributed by atoms with Gasteiger partial charge in [-0.2, -0.15) is 0 Å². The molecule has 0 heterocycles. The summed E-state index contributed by atoms with van der Waals surface area (Å²) in [5, 5.41) is 13.4. The standard InChI is InChI=1S/C20H22N2O7/c1-12-6-5-7-16(10-12)28-14(3)20(24)29-13(2)19(23)21-17-9-8-15(22(25)26)11-18(17)27-4/h5-11,13-14H,1-4H3,(H,21,23)/t13-,14-/m1/s1. The summed E-state index contributed by atoms with van der Waals surface area (Å²) < 4.78 is 15.8. The zero-order valence-corrected chi connectivity index (χ0v) is 16.5. The molecule has 0 saturated heterocycles. The van der Waals surface area contributed by atoms with Gasteiger partial charge in [-0.3, -0.25) is 14.9 Å². The van der Waals surface area contributed by atoms with Crippen molar-refractivity contribution in [3.05, 3.63) is 58.1 Å². The van der Waals surface area contributed by atoms with Crippen LogP contribution in [0.5, 0.6) is 11.5 Å². The fourth-order valence-corrected chi connectivity index (χ4v) is 2.40. The van der Waals surface area contributed by atoms with Crippen molar-refractivity contribution in [3.63, 3.8) is 0 Å². The molecular formula is C20H22N2O7. The molecular weight excluding hydrogens is 380 g/mol. The van der Waals surface area contributed by atoms with E-state index in [0.717, 1.165) is 5.56 Å². The van der Waals surface area contributed by atoms with Crippen LogP contribution in [0, 0.1) is 17.0 Å². The molecule has 0 aliphatic heterocycles. The molecule has 2 aromatic rings. The van der Waals surface area contributed by atoms with Crippen LogP contribution in [0.4, 0.5) is 11.4 Å². The van der Waals surface area contributed by atoms with Gasteiger partial charge in [0.25, 0.3) is 11.6 Å². The Morgan fingerprint density at radius 1 is 1.10 bits per heavy atom. The smallest absolute Gasteiger partial charge is 0.347 e. The molecule has 1 amide bonds. The molecule has 0 aliphatic carbocycles. The Labute approximate surface area is 167 Å². The number of nitrogens with zero attached hydrogens (tertiary/aromatic N) is 1. The van der Waals surface area contributed by atoms with Crippen molar-refractivity contribution in [2.24, 2.45) is 0 Å². The third kappa shape index (κ3) is 5.93. The Bertz CT molecular complexity index is 913. The van der Waals surface area contributed by atoms with Crippen LogP contribution in [0.15, 0.2) is 42.5 Å². The average molecular weight is 402 g/mol. The Morgan fingerprint density at radius 2 is 1.83 bits per heavy atom. The van der Waals surface area contributed by atoms with E-state index in [9.17, 15) is 19.7 Å². The van der Waals surface area contributed by atoms with E-state index in [4.69, 9.17) is 14.2 Å². The van der Waals surface area contributed by atoms with Crippen LogP contribution in [0.1, 0.15) is 19.4 Å². The van der Waals surface area contributed by atoms with E-state index in [2.05, 4.69) is 5.32 Å². The van der Waals surface area contributed by atoms with Crippen LogP contribution < -0.4 is 14.8 Å². The Hall–Kier alpha value is -3.62. The predicted octanol–water partition coefficient (Wildman–Crippen LogP) is 3.25. The van der Waals surface area contributed by atoms with Gasteiger partial charge in [0.15, 0.2) is 12.2 Å². The molecule has 0 saturated carbocycles. The second-order valence-corrected chi connectivity index (χ2v) is 6.29. The zero-order valence-electron chi connectivity index (χ0n) is 16.5. The average Bonchev–Trinajstić information content (AvgIpc) is 2.67. The molecule has 0 unspecified atom stereocenters. The summed E-state index contributed by atoms with van der Waals surface area (Å²) in [4.78, 5) is 34.8. The first-order valence-electron chi connectivity index (χ1n) is 8.78. The minimum absolute atomic E-state index is 0.113. The van der Waals surface area contributed by atoms with Crippen molar-refractivity contribution >= 4 is 23.3 Å². The van der Waals surface area contributed by atoms with Crippen molar-refractivity contribution < 1.29 is 28.7 Å². The monoisotopic (exact) mass is 402 g/mol. The Kier molecular flexibility index (Phi) is 7.13. The number of carbonyl (C=O) groups excluding carboxylic acids is 2. The summed E-state index contributed by atoms with van der Waals surface area (Å²) in [6.07, 6.45) is -2.04. The van der Waals surface area contributed by atoms with Gasteiger partial charge in [0, 0.05) is 6.07 Å². The number of nitrogens with one attached hydrogen (secondary N) is 1. The number of hydrogen-bond donors (Lipinski definition) is 1. The van der Waals surface area contributed by atoms with Gasteiger partial charge in [0.2, 0.25) is 0 Å². The third-order valence-electron chi connectivity index (χ3n) is 3.95. The van der Waals surface area contributed by atoms with Gasteiger partial charge in [-0.05, 0) is 44.5 Å². The fraction of sp³-hybridized carbons (Fsp3) is 0.300. The topological polar surface area (TPSA) is 117 Å². The van der Waals surface area contributed by atoms with Gasteiger partial charge in [-0.15, -0.1) is 0 Å². The largest absolute Gasteiger partial charge is 0.494 e. The van der Waals surface area contributed by atoms with Gasteiger partial charge < -0.3 is 19.5 Å². The van der Waals surface area contributed by atoms with E-state index in [0.29, 0.717) is 5.75 Å². The number of non-ortho nitro benzene ring substituents is 1. The summed E-state index contributed by atoms with van der Waals surface area (Å²) in [5.74, 6) is -0.692. The first kappa shape index (κ1) is 21.7. The van der Waals surface area contributed by atoms with Crippen molar-refractivity contribution in [2.45, 2.75) is 33.0 Å². The molecule has 0 aromatic heterocycles. The molecule has 0 bridgehead atoms. The first-order valence-corrected chi connectivity index (χ1v) is 8.78. The highest BCUT2D eigenvalue weighted by molar-refractivity contribution is 5.96.